The average Bonchev–Trinajstić information content (AvgIpc) is 1.82. The van der Waals surface area contributed by atoms with Gasteiger partial charge in [-0.25, -0.2) is 0 Å². The molecule has 1 saturated carbocycles. The molecule has 4 bridgehead atoms. The molecule has 1 heteroatoms. The Morgan fingerprint density at radius 2 is 1.10 bits per heavy atom. The van der Waals surface area contributed by atoms with Gasteiger partial charge < -0.3 is 4.90 Å². The van der Waals surface area contributed by atoms with Gasteiger partial charge in [0.25, 0.3) is 0 Å². The maximum Gasteiger partial charge on any atom is 0.0799 e. The minimum absolute atomic E-state index is 1.14. The van der Waals surface area contributed by atoms with Crippen LogP contribution in [0.1, 0.15) is 19.3 Å². The molecule has 3 aliphatic heterocycles. The van der Waals surface area contributed by atoms with Crippen molar-refractivity contribution < 1.29 is 4.90 Å². The average molecular weight is 138 g/mol. The van der Waals surface area contributed by atoms with Gasteiger partial charge >= 0.3 is 0 Å². The standard InChI is InChI=1S/C9H15N/c1-7-2-9-3-8(1)5-10(4-7)6-9/h7-9H,1-6H2/p+1. The lowest BCUT2D eigenvalue weighted by atomic mass is 9.68. The van der Waals surface area contributed by atoms with Gasteiger partial charge in [-0.2, -0.15) is 0 Å². The Balaban J connectivity index is 1.90. The largest absolute Gasteiger partial charge is 0.334 e. The van der Waals surface area contributed by atoms with Gasteiger partial charge in [0.05, 0.1) is 19.6 Å². The summed E-state index contributed by atoms with van der Waals surface area (Å²) >= 11 is 0. The number of hydrogen-bond donors (Lipinski definition) is 1. The fourth-order valence-corrected chi connectivity index (χ4v) is 3.68. The lowest BCUT2D eigenvalue weighted by Crippen LogP contribution is -3.17. The molecule has 4 fully saturated rings. The molecule has 0 aromatic heterocycles. The van der Waals surface area contributed by atoms with Crippen LogP contribution >= 0.6 is 0 Å². The number of nitrogens with one attached hydrogen (secondary N) is 1. The number of quaternary nitrogens is 1. The van der Waals surface area contributed by atoms with E-state index in [1.807, 2.05) is 4.90 Å². The third-order valence-corrected chi connectivity index (χ3v) is 3.73. The first kappa shape index (κ1) is 5.59. The minimum atomic E-state index is 1.14. The second kappa shape index (κ2) is 1.76. The Morgan fingerprint density at radius 1 is 0.700 bits per heavy atom. The molecule has 0 unspecified atom stereocenters. The van der Waals surface area contributed by atoms with E-state index in [0.717, 1.165) is 17.8 Å². The van der Waals surface area contributed by atoms with Crippen molar-refractivity contribution in [3.8, 4) is 0 Å². The fourth-order valence-electron chi connectivity index (χ4n) is 3.68. The number of piperidine rings is 3. The van der Waals surface area contributed by atoms with Crippen LogP contribution in [0, 0.1) is 17.8 Å². The van der Waals surface area contributed by atoms with Crippen molar-refractivity contribution in [1.29, 1.82) is 0 Å². The monoisotopic (exact) mass is 138 g/mol. The summed E-state index contributed by atoms with van der Waals surface area (Å²) < 4.78 is 0. The minimum Gasteiger partial charge on any atom is -0.334 e. The molecular weight excluding hydrogens is 122 g/mol. The zero-order valence-electron chi connectivity index (χ0n) is 6.47. The van der Waals surface area contributed by atoms with E-state index >= 15 is 0 Å². The predicted molar refractivity (Wildman–Crippen MR) is 39.9 cm³/mol. The second-order valence-corrected chi connectivity index (χ2v) is 4.67. The summed E-state index contributed by atoms with van der Waals surface area (Å²) in [4.78, 5) is 1.93. The molecule has 3 heterocycles. The Hall–Kier alpha value is -0.0400. The van der Waals surface area contributed by atoms with E-state index in [0.29, 0.717) is 0 Å². The van der Waals surface area contributed by atoms with Crippen LogP contribution in [0.25, 0.3) is 0 Å². The lowest BCUT2D eigenvalue weighted by molar-refractivity contribution is -0.929. The van der Waals surface area contributed by atoms with E-state index in [1.165, 1.54) is 19.6 Å². The molecule has 4 aliphatic rings. The van der Waals surface area contributed by atoms with Gasteiger partial charge in [0.15, 0.2) is 0 Å². The smallest absolute Gasteiger partial charge is 0.0799 e. The third-order valence-electron chi connectivity index (χ3n) is 3.73. The van der Waals surface area contributed by atoms with Crippen LogP contribution in [0.3, 0.4) is 0 Å². The molecule has 4 rings (SSSR count). The molecule has 3 saturated heterocycles. The third kappa shape index (κ3) is 0.672. The highest BCUT2D eigenvalue weighted by Crippen LogP contribution is 2.36. The summed E-state index contributed by atoms with van der Waals surface area (Å²) in [5.41, 5.74) is 0. The van der Waals surface area contributed by atoms with Crippen LogP contribution in [0.2, 0.25) is 0 Å². The molecule has 0 spiro atoms. The maximum absolute atomic E-state index is 1.93. The Bertz CT molecular complexity index is 96.3. The number of hydrogen-bond acceptors (Lipinski definition) is 0. The van der Waals surface area contributed by atoms with Crippen molar-refractivity contribution >= 4 is 0 Å². The quantitative estimate of drug-likeness (QED) is 0.478. The first-order valence-corrected chi connectivity index (χ1v) is 4.73. The van der Waals surface area contributed by atoms with Gasteiger partial charge in [-0.05, 0) is 19.3 Å². The molecule has 0 radical (unpaired) electrons. The topological polar surface area (TPSA) is 4.44 Å². The van der Waals surface area contributed by atoms with Crippen molar-refractivity contribution in [2.75, 3.05) is 19.6 Å². The summed E-state index contributed by atoms with van der Waals surface area (Å²) in [6.07, 6.45) is 4.75. The summed E-state index contributed by atoms with van der Waals surface area (Å²) in [6.45, 7) is 4.56. The lowest BCUT2D eigenvalue weighted by Gasteiger charge is -2.48. The normalized spacial score (nSPS) is 57.6. The Labute approximate surface area is 62.4 Å². The van der Waals surface area contributed by atoms with E-state index in [2.05, 4.69) is 0 Å². The van der Waals surface area contributed by atoms with Crippen LogP contribution in [0.15, 0.2) is 0 Å². The SMILES string of the molecule is C1C2CC3CC1C[NH+](C2)C3. The van der Waals surface area contributed by atoms with E-state index in [-0.39, 0.29) is 0 Å². The molecule has 0 amide bonds. The van der Waals surface area contributed by atoms with E-state index < -0.39 is 0 Å². The summed E-state index contributed by atoms with van der Waals surface area (Å²) in [5.74, 6) is 3.42. The van der Waals surface area contributed by atoms with Crippen molar-refractivity contribution in [2.45, 2.75) is 19.3 Å². The zero-order valence-corrected chi connectivity index (χ0v) is 6.47. The highest BCUT2D eigenvalue weighted by molar-refractivity contribution is 4.84. The van der Waals surface area contributed by atoms with Crippen molar-refractivity contribution in [2.24, 2.45) is 17.8 Å². The van der Waals surface area contributed by atoms with Gasteiger partial charge in [0.1, 0.15) is 0 Å². The molecule has 1 N–H and O–H groups in total. The molecule has 0 aromatic rings. The number of rotatable bonds is 0. The Kier molecular flexibility index (Phi) is 0.984. The van der Waals surface area contributed by atoms with Crippen LogP contribution < -0.4 is 4.90 Å². The zero-order chi connectivity index (χ0) is 6.55. The highest BCUT2D eigenvalue weighted by atomic mass is 15.2. The van der Waals surface area contributed by atoms with Crippen molar-refractivity contribution in [1.82, 2.24) is 0 Å². The summed E-state index contributed by atoms with van der Waals surface area (Å²) in [7, 11) is 0. The first-order chi connectivity index (χ1) is 4.90. The molecule has 0 atom stereocenters. The maximum atomic E-state index is 1.93. The fraction of sp³-hybridized carbons (Fsp3) is 1.00. The second-order valence-electron chi connectivity index (χ2n) is 4.67. The van der Waals surface area contributed by atoms with Gasteiger partial charge in [-0.1, -0.05) is 0 Å². The summed E-state index contributed by atoms with van der Waals surface area (Å²) in [5, 5.41) is 0. The van der Waals surface area contributed by atoms with Crippen molar-refractivity contribution in [3.05, 3.63) is 0 Å². The first-order valence-electron chi connectivity index (χ1n) is 4.73. The van der Waals surface area contributed by atoms with Gasteiger partial charge in [0, 0.05) is 17.8 Å². The van der Waals surface area contributed by atoms with Crippen LogP contribution in [0.4, 0.5) is 0 Å². The highest BCUT2D eigenvalue weighted by Gasteiger charge is 2.43. The van der Waals surface area contributed by atoms with E-state index in [1.54, 1.807) is 19.3 Å². The molecule has 10 heavy (non-hydrogen) atoms. The Morgan fingerprint density at radius 3 is 1.40 bits per heavy atom. The molecule has 0 aromatic carbocycles. The van der Waals surface area contributed by atoms with Gasteiger partial charge in [-0.3, -0.25) is 0 Å². The van der Waals surface area contributed by atoms with Crippen LogP contribution in [-0.2, 0) is 0 Å². The van der Waals surface area contributed by atoms with Gasteiger partial charge in [0.2, 0.25) is 0 Å². The predicted octanol–water partition coefficient (Wildman–Crippen LogP) is -0.0690. The van der Waals surface area contributed by atoms with Gasteiger partial charge in [-0.15, -0.1) is 0 Å². The van der Waals surface area contributed by atoms with Crippen LogP contribution in [-0.4, -0.2) is 19.6 Å². The van der Waals surface area contributed by atoms with Crippen LogP contribution in [0.5, 0.6) is 0 Å². The van der Waals surface area contributed by atoms with E-state index in [9.17, 15) is 0 Å². The molecule has 1 aliphatic carbocycles. The molecule has 56 valence electrons. The summed E-state index contributed by atoms with van der Waals surface area (Å²) in [6, 6.07) is 0. The van der Waals surface area contributed by atoms with E-state index in [4.69, 9.17) is 0 Å². The molecular formula is C9H16N+. The van der Waals surface area contributed by atoms with Crippen molar-refractivity contribution in [3.63, 3.8) is 0 Å². The molecule has 1 nitrogen and oxygen atoms in total.